The van der Waals surface area contributed by atoms with Crippen molar-refractivity contribution in [1.29, 1.82) is 0 Å². The van der Waals surface area contributed by atoms with Gasteiger partial charge in [-0.2, -0.15) is 0 Å². The molecular formula is C19H21N3O5S. The van der Waals surface area contributed by atoms with Gasteiger partial charge >= 0.3 is 0 Å². The Morgan fingerprint density at radius 1 is 1.36 bits per heavy atom. The summed E-state index contributed by atoms with van der Waals surface area (Å²) in [6.07, 6.45) is 0. The summed E-state index contributed by atoms with van der Waals surface area (Å²) < 4.78 is 11.5. The third-order valence-corrected chi connectivity index (χ3v) is 5.24. The molecule has 148 valence electrons. The van der Waals surface area contributed by atoms with Crippen molar-refractivity contribution in [3.05, 3.63) is 45.6 Å². The van der Waals surface area contributed by atoms with Gasteiger partial charge in [-0.25, -0.2) is 4.98 Å². The van der Waals surface area contributed by atoms with E-state index in [1.807, 2.05) is 6.92 Å². The number of rotatable bonds is 7. The maximum Gasteiger partial charge on any atom is 0.256 e. The average molecular weight is 403 g/mol. The first kappa shape index (κ1) is 19.8. The standard InChI is InChI=1S/C19H21N3O5S/c1-10-16(28-9-21-10)8-26-12-4-5-15-13(6-12)17(11(2)27-15)19(25)22-14(7-23)18(24)20-3/h4-6,9,14,23H,7-8H2,1-3H3,(H,20,24)(H,22,25)/t14-/m1/s1. The van der Waals surface area contributed by atoms with E-state index in [9.17, 15) is 14.7 Å². The lowest BCUT2D eigenvalue weighted by atomic mass is 10.1. The fourth-order valence-corrected chi connectivity index (χ4v) is 3.47. The molecule has 9 heteroatoms. The molecule has 0 saturated carbocycles. The van der Waals surface area contributed by atoms with Gasteiger partial charge in [0.1, 0.15) is 29.7 Å². The highest BCUT2D eigenvalue weighted by atomic mass is 32.1. The Bertz CT molecular complexity index is 1010. The Hall–Kier alpha value is -2.91. The van der Waals surface area contributed by atoms with Crippen LogP contribution in [-0.4, -0.2) is 41.6 Å². The molecular weight excluding hydrogens is 382 g/mol. The fourth-order valence-electron chi connectivity index (χ4n) is 2.78. The third kappa shape index (κ3) is 4.00. The Labute approximate surface area is 165 Å². The monoisotopic (exact) mass is 403 g/mol. The molecule has 3 aromatic rings. The Morgan fingerprint density at radius 2 is 2.14 bits per heavy atom. The highest BCUT2D eigenvalue weighted by Gasteiger charge is 2.24. The average Bonchev–Trinajstić information content (AvgIpc) is 3.24. The smallest absolute Gasteiger partial charge is 0.256 e. The largest absolute Gasteiger partial charge is 0.488 e. The van der Waals surface area contributed by atoms with Gasteiger partial charge in [0.15, 0.2) is 0 Å². The van der Waals surface area contributed by atoms with E-state index in [-0.39, 0.29) is 0 Å². The van der Waals surface area contributed by atoms with Crippen LogP contribution in [0.4, 0.5) is 0 Å². The molecule has 28 heavy (non-hydrogen) atoms. The zero-order valence-electron chi connectivity index (χ0n) is 15.7. The molecule has 2 aromatic heterocycles. The molecule has 2 heterocycles. The van der Waals surface area contributed by atoms with Crippen LogP contribution in [0.15, 0.2) is 28.1 Å². The molecule has 0 radical (unpaired) electrons. The van der Waals surface area contributed by atoms with Crippen LogP contribution in [-0.2, 0) is 11.4 Å². The first-order valence-corrected chi connectivity index (χ1v) is 9.50. The van der Waals surface area contributed by atoms with Crippen molar-refractivity contribution in [2.24, 2.45) is 0 Å². The Kier molecular flexibility index (Phi) is 5.96. The van der Waals surface area contributed by atoms with Gasteiger partial charge < -0.3 is 24.9 Å². The number of ether oxygens (including phenoxy) is 1. The second-order valence-corrected chi connectivity index (χ2v) is 7.10. The number of likely N-dealkylation sites (N-methyl/N-ethyl adjacent to an activating group) is 1. The highest BCUT2D eigenvalue weighted by molar-refractivity contribution is 7.09. The van der Waals surface area contributed by atoms with E-state index in [2.05, 4.69) is 15.6 Å². The summed E-state index contributed by atoms with van der Waals surface area (Å²) in [5.74, 6) is 0.0105. The van der Waals surface area contributed by atoms with Crippen molar-refractivity contribution in [1.82, 2.24) is 15.6 Å². The number of benzene rings is 1. The lowest BCUT2D eigenvalue weighted by Crippen LogP contribution is -2.48. The number of carbonyl (C=O) groups is 2. The summed E-state index contributed by atoms with van der Waals surface area (Å²) in [4.78, 5) is 29.7. The predicted octanol–water partition coefficient (Wildman–Crippen LogP) is 1.92. The van der Waals surface area contributed by atoms with Crippen molar-refractivity contribution in [3.8, 4) is 5.75 Å². The number of aliphatic hydroxyl groups excluding tert-OH is 1. The van der Waals surface area contributed by atoms with E-state index in [1.54, 1.807) is 30.6 Å². The summed E-state index contributed by atoms with van der Waals surface area (Å²) in [6.45, 7) is 3.46. The number of nitrogens with zero attached hydrogens (tertiary/aromatic N) is 1. The van der Waals surface area contributed by atoms with Crippen LogP contribution in [0.2, 0.25) is 0 Å². The van der Waals surface area contributed by atoms with Crippen molar-refractivity contribution in [3.63, 3.8) is 0 Å². The van der Waals surface area contributed by atoms with E-state index in [0.29, 0.717) is 34.6 Å². The molecule has 0 aliphatic carbocycles. The van der Waals surface area contributed by atoms with E-state index in [4.69, 9.17) is 9.15 Å². The predicted molar refractivity (Wildman–Crippen MR) is 105 cm³/mol. The minimum absolute atomic E-state index is 0.303. The maximum atomic E-state index is 12.7. The summed E-state index contributed by atoms with van der Waals surface area (Å²) in [5, 5.41) is 14.9. The summed E-state index contributed by atoms with van der Waals surface area (Å²) in [7, 11) is 1.43. The van der Waals surface area contributed by atoms with Crippen molar-refractivity contribution < 1.29 is 23.8 Å². The second kappa shape index (κ2) is 8.41. The van der Waals surface area contributed by atoms with Gasteiger partial charge in [-0.05, 0) is 32.0 Å². The van der Waals surface area contributed by atoms with E-state index >= 15 is 0 Å². The SMILES string of the molecule is CNC(=O)[C@@H](CO)NC(=O)c1c(C)oc2ccc(OCc3scnc3C)cc12. The minimum atomic E-state index is -1.05. The number of aliphatic hydroxyl groups is 1. The topological polar surface area (TPSA) is 114 Å². The lowest BCUT2D eigenvalue weighted by molar-refractivity contribution is -0.123. The van der Waals surface area contributed by atoms with Gasteiger partial charge in [0.25, 0.3) is 5.91 Å². The van der Waals surface area contributed by atoms with Gasteiger partial charge in [0.05, 0.1) is 28.3 Å². The van der Waals surface area contributed by atoms with Gasteiger partial charge in [0.2, 0.25) is 5.91 Å². The van der Waals surface area contributed by atoms with Crippen LogP contribution in [0.3, 0.4) is 0 Å². The molecule has 0 saturated heterocycles. The number of furan rings is 1. The first-order valence-electron chi connectivity index (χ1n) is 8.62. The van der Waals surface area contributed by atoms with Crippen LogP contribution in [0, 0.1) is 13.8 Å². The number of carbonyl (C=O) groups excluding carboxylic acids is 2. The molecule has 0 aliphatic rings. The molecule has 3 rings (SSSR count). The van der Waals surface area contributed by atoms with Crippen molar-refractivity contribution in [2.75, 3.05) is 13.7 Å². The number of fused-ring (bicyclic) bond motifs is 1. The molecule has 0 unspecified atom stereocenters. The number of hydrogen-bond acceptors (Lipinski definition) is 7. The molecule has 0 bridgehead atoms. The normalized spacial score (nSPS) is 12.0. The lowest BCUT2D eigenvalue weighted by Gasteiger charge is -2.14. The molecule has 3 N–H and O–H groups in total. The van der Waals surface area contributed by atoms with Crippen LogP contribution >= 0.6 is 11.3 Å². The number of amides is 2. The molecule has 1 atom stereocenters. The van der Waals surface area contributed by atoms with Gasteiger partial charge in [-0.15, -0.1) is 11.3 Å². The number of aromatic nitrogens is 1. The highest BCUT2D eigenvalue weighted by Crippen LogP contribution is 2.30. The number of aryl methyl sites for hydroxylation is 2. The van der Waals surface area contributed by atoms with Gasteiger partial charge in [-0.1, -0.05) is 0 Å². The third-order valence-electron chi connectivity index (χ3n) is 4.33. The molecule has 1 aromatic carbocycles. The quantitative estimate of drug-likeness (QED) is 0.555. The first-order chi connectivity index (χ1) is 13.4. The number of nitrogens with one attached hydrogen (secondary N) is 2. The number of hydrogen-bond donors (Lipinski definition) is 3. The van der Waals surface area contributed by atoms with Gasteiger partial charge in [-0.3, -0.25) is 9.59 Å². The van der Waals surface area contributed by atoms with Gasteiger partial charge in [0, 0.05) is 12.4 Å². The molecule has 8 nitrogen and oxygen atoms in total. The second-order valence-electron chi connectivity index (χ2n) is 6.16. The Morgan fingerprint density at radius 3 is 2.79 bits per heavy atom. The summed E-state index contributed by atoms with van der Waals surface area (Å²) in [5.41, 5.74) is 3.53. The van der Waals surface area contributed by atoms with E-state index in [1.165, 1.54) is 18.4 Å². The minimum Gasteiger partial charge on any atom is -0.488 e. The zero-order valence-corrected chi connectivity index (χ0v) is 16.6. The van der Waals surface area contributed by atoms with E-state index < -0.39 is 24.5 Å². The zero-order chi connectivity index (χ0) is 20.3. The maximum absolute atomic E-state index is 12.7. The van der Waals surface area contributed by atoms with Crippen LogP contribution in [0.25, 0.3) is 11.0 Å². The van der Waals surface area contributed by atoms with E-state index in [0.717, 1.165) is 10.6 Å². The summed E-state index contributed by atoms with van der Waals surface area (Å²) >= 11 is 1.52. The Balaban J connectivity index is 1.85. The van der Waals surface area contributed by atoms with Crippen molar-refractivity contribution in [2.45, 2.75) is 26.5 Å². The van der Waals surface area contributed by atoms with Crippen LogP contribution in [0.1, 0.15) is 26.7 Å². The molecule has 0 fully saturated rings. The fraction of sp³-hybridized carbons (Fsp3) is 0.316. The molecule has 0 spiro atoms. The summed E-state index contributed by atoms with van der Waals surface area (Å²) in [6, 6.07) is 4.18. The molecule has 0 aliphatic heterocycles. The van der Waals surface area contributed by atoms with Crippen LogP contribution < -0.4 is 15.4 Å². The van der Waals surface area contributed by atoms with Crippen LogP contribution in [0.5, 0.6) is 5.75 Å². The number of thiazole rings is 1. The molecule has 2 amide bonds. The van der Waals surface area contributed by atoms with Crippen molar-refractivity contribution >= 4 is 34.1 Å².